The number of likely N-dealkylation sites (tertiary alicyclic amines) is 1. The molecule has 4 heteroatoms. The molecule has 3 rings (SSSR count). The number of hydrogen-bond donors (Lipinski definition) is 1. The summed E-state index contributed by atoms with van der Waals surface area (Å²) in [6, 6.07) is 1.55. The molecule has 1 saturated heterocycles. The van der Waals surface area contributed by atoms with Crippen molar-refractivity contribution in [3.63, 3.8) is 0 Å². The second-order valence-corrected chi connectivity index (χ2v) is 5.79. The van der Waals surface area contributed by atoms with Crippen molar-refractivity contribution in [3.05, 3.63) is 17.5 Å². The Kier molecular flexibility index (Phi) is 3.39. The molecular weight excluding hydrogens is 224 g/mol. The van der Waals surface area contributed by atoms with Crippen LogP contribution in [0.3, 0.4) is 0 Å². The molecule has 100 valence electrons. The lowest BCUT2D eigenvalue weighted by atomic mass is 10.2. The molecule has 1 aliphatic heterocycles. The van der Waals surface area contributed by atoms with E-state index in [2.05, 4.69) is 28.4 Å². The molecule has 0 bridgehead atoms. The Balaban J connectivity index is 1.56. The van der Waals surface area contributed by atoms with Gasteiger partial charge in [-0.1, -0.05) is 6.92 Å². The van der Waals surface area contributed by atoms with Crippen LogP contribution in [0.5, 0.6) is 0 Å². The average molecular weight is 248 g/mol. The molecule has 1 aromatic heterocycles. The van der Waals surface area contributed by atoms with Crippen molar-refractivity contribution >= 4 is 0 Å². The lowest BCUT2D eigenvalue weighted by Gasteiger charge is -2.16. The van der Waals surface area contributed by atoms with E-state index in [9.17, 15) is 0 Å². The average Bonchev–Trinajstić information content (AvgIpc) is 2.93. The lowest BCUT2D eigenvalue weighted by molar-refractivity contribution is 0.319. The van der Waals surface area contributed by atoms with Crippen molar-refractivity contribution in [3.8, 4) is 0 Å². The standard InChI is InChI=1S/C14H24N4/c1-3-14-11(8-17(2)16-14)9-18-7-6-13(10-18)15-12-4-5-12/h8,12-13,15H,3-7,9-10H2,1-2H3. The van der Waals surface area contributed by atoms with Crippen molar-refractivity contribution in [2.45, 2.75) is 51.2 Å². The first-order valence-corrected chi connectivity index (χ1v) is 7.24. The van der Waals surface area contributed by atoms with Gasteiger partial charge in [0.25, 0.3) is 0 Å². The summed E-state index contributed by atoms with van der Waals surface area (Å²) in [6.07, 6.45) is 7.30. The van der Waals surface area contributed by atoms with Crippen LogP contribution in [-0.2, 0) is 20.0 Å². The molecule has 2 fully saturated rings. The summed E-state index contributed by atoms with van der Waals surface area (Å²) in [6.45, 7) is 5.68. The molecule has 0 radical (unpaired) electrons. The Morgan fingerprint density at radius 3 is 2.89 bits per heavy atom. The van der Waals surface area contributed by atoms with Gasteiger partial charge in [0.2, 0.25) is 0 Å². The zero-order valence-electron chi connectivity index (χ0n) is 11.5. The Hall–Kier alpha value is -0.870. The Labute approximate surface area is 109 Å². The van der Waals surface area contributed by atoms with Gasteiger partial charge in [0, 0.05) is 50.5 Å². The van der Waals surface area contributed by atoms with E-state index in [4.69, 9.17) is 0 Å². The van der Waals surface area contributed by atoms with Gasteiger partial charge in [-0.2, -0.15) is 5.10 Å². The van der Waals surface area contributed by atoms with Crippen LogP contribution in [0.25, 0.3) is 0 Å². The van der Waals surface area contributed by atoms with Crippen LogP contribution in [0, 0.1) is 0 Å². The first-order chi connectivity index (χ1) is 8.74. The number of rotatable bonds is 5. The molecule has 0 spiro atoms. The topological polar surface area (TPSA) is 33.1 Å². The highest BCUT2D eigenvalue weighted by atomic mass is 15.3. The summed E-state index contributed by atoms with van der Waals surface area (Å²) in [4.78, 5) is 2.57. The largest absolute Gasteiger partial charge is 0.310 e. The zero-order valence-corrected chi connectivity index (χ0v) is 11.5. The SMILES string of the molecule is CCc1nn(C)cc1CN1CCC(NC2CC2)C1. The fraction of sp³-hybridized carbons (Fsp3) is 0.786. The minimum Gasteiger partial charge on any atom is -0.310 e. The third-order valence-electron chi connectivity index (χ3n) is 4.04. The first-order valence-electron chi connectivity index (χ1n) is 7.24. The lowest BCUT2D eigenvalue weighted by Crippen LogP contribution is -2.33. The second kappa shape index (κ2) is 5.02. The maximum absolute atomic E-state index is 4.52. The monoisotopic (exact) mass is 248 g/mol. The summed E-state index contributed by atoms with van der Waals surface area (Å²) in [5.41, 5.74) is 2.67. The van der Waals surface area contributed by atoms with Gasteiger partial charge in [0.1, 0.15) is 0 Å². The minimum atomic E-state index is 0.722. The zero-order chi connectivity index (χ0) is 12.5. The normalized spacial score (nSPS) is 24.9. The molecule has 1 saturated carbocycles. The first kappa shape index (κ1) is 12.2. The van der Waals surface area contributed by atoms with Crippen LogP contribution in [0.2, 0.25) is 0 Å². The van der Waals surface area contributed by atoms with E-state index in [0.717, 1.165) is 25.0 Å². The fourth-order valence-electron chi connectivity index (χ4n) is 2.95. The maximum Gasteiger partial charge on any atom is 0.0666 e. The van der Waals surface area contributed by atoms with Crippen LogP contribution in [0.4, 0.5) is 0 Å². The summed E-state index contributed by atoms with van der Waals surface area (Å²) < 4.78 is 1.95. The molecule has 1 atom stereocenters. The molecule has 1 aliphatic carbocycles. The molecule has 2 aliphatic rings. The molecule has 0 amide bonds. The third-order valence-corrected chi connectivity index (χ3v) is 4.04. The number of nitrogens with zero attached hydrogens (tertiary/aromatic N) is 3. The van der Waals surface area contributed by atoms with Crippen LogP contribution < -0.4 is 5.32 Å². The molecule has 2 heterocycles. The summed E-state index contributed by atoms with van der Waals surface area (Å²) in [5.74, 6) is 0. The van der Waals surface area contributed by atoms with Gasteiger partial charge >= 0.3 is 0 Å². The van der Waals surface area contributed by atoms with Gasteiger partial charge in [-0.05, 0) is 25.7 Å². The molecule has 1 unspecified atom stereocenters. The van der Waals surface area contributed by atoms with E-state index in [1.165, 1.54) is 43.6 Å². The summed E-state index contributed by atoms with van der Waals surface area (Å²) >= 11 is 0. The van der Waals surface area contributed by atoms with Crippen LogP contribution in [0.1, 0.15) is 37.4 Å². The Bertz CT molecular complexity index is 408. The van der Waals surface area contributed by atoms with Crippen molar-refractivity contribution in [2.75, 3.05) is 13.1 Å². The third kappa shape index (κ3) is 2.75. The second-order valence-electron chi connectivity index (χ2n) is 5.79. The molecular formula is C14H24N4. The van der Waals surface area contributed by atoms with E-state index in [1.54, 1.807) is 0 Å². The fourth-order valence-corrected chi connectivity index (χ4v) is 2.95. The molecule has 4 nitrogen and oxygen atoms in total. The van der Waals surface area contributed by atoms with Crippen molar-refractivity contribution in [1.29, 1.82) is 0 Å². The highest BCUT2D eigenvalue weighted by Gasteiger charge is 2.29. The Morgan fingerprint density at radius 2 is 2.17 bits per heavy atom. The number of aromatic nitrogens is 2. The number of aryl methyl sites for hydroxylation is 2. The predicted octanol–water partition coefficient (Wildman–Crippen LogP) is 1.31. The van der Waals surface area contributed by atoms with Crippen LogP contribution in [0.15, 0.2) is 6.20 Å². The molecule has 1 aromatic rings. The van der Waals surface area contributed by atoms with Crippen molar-refractivity contribution < 1.29 is 0 Å². The van der Waals surface area contributed by atoms with Crippen molar-refractivity contribution in [1.82, 2.24) is 20.0 Å². The highest BCUT2D eigenvalue weighted by Crippen LogP contribution is 2.23. The van der Waals surface area contributed by atoms with Gasteiger partial charge in [-0.15, -0.1) is 0 Å². The van der Waals surface area contributed by atoms with Crippen molar-refractivity contribution in [2.24, 2.45) is 7.05 Å². The molecule has 18 heavy (non-hydrogen) atoms. The van der Waals surface area contributed by atoms with Crippen LogP contribution in [-0.4, -0.2) is 39.9 Å². The van der Waals surface area contributed by atoms with E-state index in [-0.39, 0.29) is 0 Å². The van der Waals surface area contributed by atoms with Gasteiger partial charge < -0.3 is 5.32 Å². The predicted molar refractivity (Wildman–Crippen MR) is 72.4 cm³/mol. The summed E-state index contributed by atoms with van der Waals surface area (Å²) in [7, 11) is 2.02. The summed E-state index contributed by atoms with van der Waals surface area (Å²) in [5, 5.41) is 8.26. The maximum atomic E-state index is 4.52. The highest BCUT2D eigenvalue weighted by molar-refractivity contribution is 5.17. The smallest absolute Gasteiger partial charge is 0.0666 e. The van der Waals surface area contributed by atoms with Gasteiger partial charge in [-0.3, -0.25) is 9.58 Å². The van der Waals surface area contributed by atoms with Gasteiger partial charge in [0.15, 0.2) is 0 Å². The molecule has 0 aromatic carbocycles. The Morgan fingerprint density at radius 1 is 1.33 bits per heavy atom. The van der Waals surface area contributed by atoms with E-state index in [0.29, 0.717) is 0 Å². The molecule has 1 N–H and O–H groups in total. The van der Waals surface area contributed by atoms with E-state index >= 15 is 0 Å². The van der Waals surface area contributed by atoms with Gasteiger partial charge in [-0.25, -0.2) is 0 Å². The minimum absolute atomic E-state index is 0.722. The van der Waals surface area contributed by atoms with E-state index in [1.807, 2.05) is 11.7 Å². The van der Waals surface area contributed by atoms with Gasteiger partial charge in [0.05, 0.1) is 5.69 Å². The van der Waals surface area contributed by atoms with Crippen LogP contribution >= 0.6 is 0 Å². The quantitative estimate of drug-likeness (QED) is 0.853. The number of nitrogens with one attached hydrogen (secondary N) is 1. The number of hydrogen-bond acceptors (Lipinski definition) is 3. The van der Waals surface area contributed by atoms with E-state index < -0.39 is 0 Å².